The van der Waals surface area contributed by atoms with Crippen LogP contribution in [0.15, 0.2) is 24.3 Å². The van der Waals surface area contributed by atoms with Gasteiger partial charge in [-0.1, -0.05) is 6.07 Å². The van der Waals surface area contributed by atoms with Crippen LogP contribution in [0.1, 0.15) is 30.6 Å². The molecule has 2 N–H and O–H groups in total. The lowest BCUT2D eigenvalue weighted by Gasteiger charge is -2.19. The summed E-state index contributed by atoms with van der Waals surface area (Å²) in [6.07, 6.45) is 0.776. The third kappa shape index (κ3) is 6.69. The quantitative estimate of drug-likeness (QED) is 0.644. The summed E-state index contributed by atoms with van der Waals surface area (Å²) in [5.74, 6) is -0.0794. The van der Waals surface area contributed by atoms with Crippen molar-refractivity contribution in [1.29, 1.82) is 0 Å². The van der Waals surface area contributed by atoms with Crippen LogP contribution in [0.4, 0.5) is 5.69 Å². The number of hydrogen-bond acceptors (Lipinski definition) is 4. The Morgan fingerprint density at radius 2 is 1.96 bits per heavy atom. The maximum atomic E-state index is 12.0. The lowest BCUT2D eigenvalue weighted by Crippen LogP contribution is -2.35. The standard InChI is InChI=1S/C17H27N3O3/c1-4-20(5-2)16(21)13-19-15-9-6-8-14(12-15)17(22)18-10-7-11-23-3/h6,8-9,12,19H,4-5,7,10-11,13H2,1-3H3,(H,18,22). The number of likely N-dealkylation sites (N-methyl/N-ethyl adjacent to an activating group) is 1. The molecule has 1 rings (SSSR count). The van der Waals surface area contributed by atoms with Crippen molar-refractivity contribution in [2.75, 3.05) is 45.2 Å². The molecule has 128 valence electrons. The maximum Gasteiger partial charge on any atom is 0.251 e. The second-order valence-electron chi connectivity index (χ2n) is 5.10. The van der Waals surface area contributed by atoms with Gasteiger partial charge >= 0.3 is 0 Å². The van der Waals surface area contributed by atoms with E-state index in [2.05, 4.69) is 10.6 Å². The van der Waals surface area contributed by atoms with E-state index in [4.69, 9.17) is 4.74 Å². The zero-order valence-corrected chi connectivity index (χ0v) is 14.2. The van der Waals surface area contributed by atoms with Gasteiger partial charge in [-0.05, 0) is 38.5 Å². The topological polar surface area (TPSA) is 70.7 Å². The van der Waals surface area contributed by atoms with Gasteiger partial charge in [0.15, 0.2) is 0 Å². The zero-order valence-electron chi connectivity index (χ0n) is 14.2. The summed E-state index contributed by atoms with van der Waals surface area (Å²) in [7, 11) is 1.64. The van der Waals surface area contributed by atoms with E-state index in [1.807, 2.05) is 19.9 Å². The highest BCUT2D eigenvalue weighted by atomic mass is 16.5. The van der Waals surface area contributed by atoms with Gasteiger partial charge in [-0.2, -0.15) is 0 Å². The van der Waals surface area contributed by atoms with E-state index in [1.54, 1.807) is 30.2 Å². The first-order valence-corrected chi connectivity index (χ1v) is 8.01. The van der Waals surface area contributed by atoms with Crippen molar-refractivity contribution in [3.05, 3.63) is 29.8 Å². The van der Waals surface area contributed by atoms with Crippen LogP contribution in [0, 0.1) is 0 Å². The van der Waals surface area contributed by atoms with Gasteiger partial charge in [-0.15, -0.1) is 0 Å². The monoisotopic (exact) mass is 321 g/mol. The Morgan fingerprint density at radius 1 is 1.22 bits per heavy atom. The highest BCUT2D eigenvalue weighted by Crippen LogP contribution is 2.10. The lowest BCUT2D eigenvalue weighted by molar-refractivity contribution is -0.128. The summed E-state index contributed by atoms with van der Waals surface area (Å²) in [6, 6.07) is 7.15. The number of amides is 2. The van der Waals surface area contributed by atoms with Crippen LogP contribution in [0.25, 0.3) is 0 Å². The van der Waals surface area contributed by atoms with Crippen molar-refractivity contribution in [2.24, 2.45) is 0 Å². The number of hydrogen-bond donors (Lipinski definition) is 2. The number of ether oxygens (including phenoxy) is 1. The molecule has 0 saturated carbocycles. The molecule has 1 aromatic carbocycles. The van der Waals surface area contributed by atoms with Crippen LogP contribution >= 0.6 is 0 Å². The van der Waals surface area contributed by atoms with Crippen molar-refractivity contribution >= 4 is 17.5 Å². The molecule has 6 heteroatoms. The Morgan fingerprint density at radius 3 is 2.61 bits per heavy atom. The van der Waals surface area contributed by atoms with Crippen LogP contribution < -0.4 is 10.6 Å². The third-order valence-electron chi connectivity index (χ3n) is 3.50. The van der Waals surface area contributed by atoms with Crippen LogP contribution in [0.2, 0.25) is 0 Å². The minimum Gasteiger partial charge on any atom is -0.385 e. The number of carbonyl (C=O) groups excluding carboxylic acids is 2. The molecule has 0 saturated heterocycles. The van der Waals surface area contributed by atoms with Crippen LogP contribution in [-0.2, 0) is 9.53 Å². The number of methoxy groups -OCH3 is 1. The van der Waals surface area contributed by atoms with Crippen molar-refractivity contribution in [3.63, 3.8) is 0 Å². The molecule has 23 heavy (non-hydrogen) atoms. The Kier molecular flexibility index (Phi) is 8.75. The highest BCUT2D eigenvalue weighted by molar-refractivity contribution is 5.95. The number of benzene rings is 1. The van der Waals surface area contributed by atoms with E-state index in [0.29, 0.717) is 31.8 Å². The number of rotatable bonds is 10. The fourth-order valence-corrected chi connectivity index (χ4v) is 2.16. The smallest absolute Gasteiger partial charge is 0.251 e. The Labute approximate surface area is 138 Å². The summed E-state index contributed by atoms with van der Waals surface area (Å²) in [5, 5.41) is 5.91. The second kappa shape index (κ2) is 10.6. The molecule has 0 aliphatic rings. The summed E-state index contributed by atoms with van der Waals surface area (Å²) in [5.41, 5.74) is 1.33. The third-order valence-corrected chi connectivity index (χ3v) is 3.50. The van der Waals surface area contributed by atoms with Crippen molar-refractivity contribution in [1.82, 2.24) is 10.2 Å². The van der Waals surface area contributed by atoms with E-state index in [0.717, 1.165) is 12.1 Å². The van der Waals surface area contributed by atoms with E-state index >= 15 is 0 Å². The van der Waals surface area contributed by atoms with Crippen LogP contribution in [-0.4, -0.2) is 56.6 Å². The summed E-state index contributed by atoms with van der Waals surface area (Å²) in [6.45, 7) is 6.72. The van der Waals surface area contributed by atoms with E-state index in [-0.39, 0.29) is 18.4 Å². The molecular formula is C17H27N3O3. The molecule has 6 nitrogen and oxygen atoms in total. The van der Waals surface area contributed by atoms with Crippen molar-refractivity contribution in [3.8, 4) is 0 Å². The average Bonchev–Trinajstić information content (AvgIpc) is 2.58. The molecule has 0 fully saturated rings. The Bertz CT molecular complexity index is 502. The minimum atomic E-state index is -0.125. The SMILES string of the molecule is CCN(CC)C(=O)CNc1cccc(C(=O)NCCCOC)c1. The predicted molar refractivity (Wildman–Crippen MR) is 91.7 cm³/mol. The number of nitrogens with zero attached hydrogens (tertiary/aromatic N) is 1. The van der Waals surface area contributed by atoms with Gasteiger partial charge in [0.2, 0.25) is 5.91 Å². The molecule has 0 unspecified atom stereocenters. The lowest BCUT2D eigenvalue weighted by atomic mass is 10.2. The number of anilines is 1. The molecule has 0 heterocycles. The van der Waals surface area contributed by atoms with Crippen LogP contribution in [0.3, 0.4) is 0 Å². The maximum absolute atomic E-state index is 12.0. The van der Waals surface area contributed by atoms with Gasteiger partial charge in [0.05, 0.1) is 6.54 Å². The zero-order chi connectivity index (χ0) is 17.1. The molecule has 1 aromatic rings. The fraction of sp³-hybridized carbons (Fsp3) is 0.529. The molecule has 0 atom stereocenters. The second-order valence-corrected chi connectivity index (χ2v) is 5.10. The Hall–Kier alpha value is -2.08. The molecule has 2 amide bonds. The van der Waals surface area contributed by atoms with Gasteiger partial charge < -0.3 is 20.3 Å². The molecular weight excluding hydrogens is 294 g/mol. The summed E-state index contributed by atoms with van der Waals surface area (Å²) >= 11 is 0. The van der Waals surface area contributed by atoms with Gasteiger partial charge in [0.1, 0.15) is 0 Å². The van der Waals surface area contributed by atoms with Crippen molar-refractivity contribution in [2.45, 2.75) is 20.3 Å². The summed E-state index contributed by atoms with van der Waals surface area (Å²) < 4.78 is 4.94. The molecule has 0 bridgehead atoms. The molecule has 0 spiro atoms. The van der Waals surface area contributed by atoms with Crippen LogP contribution in [0.5, 0.6) is 0 Å². The summed E-state index contributed by atoms with van der Waals surface area (Å²) in [4.78, 5) is 25.8. The highest BCUT2D eigenvalue weighted by Gasteiger charge is 2.10. The molecule has 0 aliphatic carbocycles. The number of carbonyl (C=O) groups is 2. The fourth-order valence-electron chi connectivity index (χ4n) is 2.16. The normalized spacial score (nSPS) is 10.2. The Balaban J connectivity index is 2.52. The predicted octanol–water partition coefficient (Wildman–Crippen LogP) is 1.73. The molecule has 0 aromatic heterocycles. The van der Waals surface area contributed by atoms with E-state index in [9.17, 15) is 9.59 Å². The first-order chi connectivity index (χ1) is 11.1. The minimum absolute atomic E-state index is 0.0458. The molecule has 0 radical (unpaired) electrons. The van der Waals surface area contributed by atoms with Gasteiger partial charge in [-0.25, -0.2) is 0 Å². The van der Waals surface area contributed by atoms with E-state index in [1.165, 1.54) is 0 Å². The van der Waals surface area contributed by atoms with Gasteiger partial charge in [-0.3, -0.25) is 9.59 Å². The van der Waals surface area contributed by atoms with E-state index < -0.39 is 0 Å². The van der Waals surface area contributed by atoms with Gasteiger partial charge in [0, 0.05) is 44.6 Å². The first kappa shape index (κ1) is 19.0. The average molecular weight is 321 g/mol. The first-order valence-electron chi connectivity index (χ1n) is 8.01. The molecule has 0 aliphatic heterocycles. The number of nitrogens with one attached hydrogen (secondary N) is 2. The largest absolute Gasteiger partial charge is 0.385 e. The van der Waals surface area contributed by atoms with Crippen molar-refractivity contribution < 1.29 is 14.3 Å². The van der Waals surface area contributed by atoms with Gasteiger partial charge in [0.25, 0.3) is 5.91 Å².